The minimum Gasteiger partial charge on any atom is -0.313 e. The standard InChI is InChI=1S/C13H20ClNO2S/c1-3-12(15-4-2)10-18(16,17)9-11-7-5-6-8-13(11)14/h5-8,12,15H,3-4,9-10H2,1-2H3. The molecule has 0 saturated heterocycles. The van der Waals surface area contributed by atoms with E-state index in [0.29, 0.717) is 10.6 Å². The van der Waals surface area contributed by atoms with Crippen molar-refractivity contribution in [3.05, 3.63) is 34.9 Å². The van der Waals surface area contributed by atoms with E-state index in [4.69, 9.17) is 11.6 Å². The van der Waals surface area contributed by atoms with Crippen molar-refractivity contribution in [3.8, 4) is 0 Å². The van der Waals surface area contributed by atoms with Gasteiger partial charge in [-0.05, 0) is 24.6 Å². The van der Waals surface area contributed by atoms with Crippen LogP contribution in [0.4, 0.5) is 0 Å². The lowest BCUT2D eigenvalue weighted by Gasteiger charge is -2.16. The molecule has 3 nitrogen and oxygen atoms in total. The molecule has 1 unspecified atom stereocenters. The van der Waals surface area contributed by atoms with Gasteiger partial charge in [-0.15, -0.1) is 0 Å². The second kappa shape index (κ2) is 7.12. The molecule has 0 aliphatic rings. The van der Waals surface area contributed by atoms with Crippen LogP contribution in [0, 0.1) is 0 Å². The molecule has 0 bridgehead atoms. The predicted octanol–water partition coefficient (Wildman–Crippen LogP) is 2.64. The molecule has 5 heteroatoms. The SMILES string of the molecule is CCNC(CC)CS(=O)(=O)Cc1ccccc1Cl. The average Bonchev–Trinajstić information content (AvgIpc) is 2.31. The Kier molecular flexibility index (Phi) is 6.12. The van der Waals surface area contributed by atoms with E-state index in [0.717, 1.165) is 13.0 Å². The normalized spacial score (nSPS) is 13.5. The Morgan fingerprint density at radius 3 is 2.50 bits per heavy atom. The van der Waals surface area contributed by atoms with Gasteiger partial charge in [-0.1, -0.05) is 43.6 Å². The Morgan fingerprint density at radius 2 is 1.94 bits per heavy atom. The van der Waals surface area contributed by atoms with Crippen LogP contribution < -0.4 is 5.32 Å². The molecule has 1 rings (SSSR count). The molecule has 0 aliphatic heterocycles. The summed E-state index contributed by atoms with van der Waals surface area (Å²) in [5.41, 5.74) is 0.672. The molecule has 1 aromatic carbocycles. The van der Waals surface area contributed by atoms with Crippen LogP contribution in [0.3, 0.4) is 0 Å². The van der Waals surface area contributed by atoms with Gasteiger partial charge < -0.3 is 5.32 Å². The maximum atomic E-state index is 12.1. The van der Waals surface area contributed by atoms with E-state index in [1.54, 1.807) is 24.3 Å². The zero-order valence-electron chi connectivity index (χ0n) is 10.8. The fraction of sp³-hybridized carbons (Fsp3) is 0.538. The molecule has 0 aliphatic carbocycles. The predicted molar refractivity (Wildman–Crippen MR) is 76.7 cm³/mol. The van der Waals surface area contributed by atoms with E-state index in [1.165, 1.54) is 0 Å². The highest BCUT2D eigenvalue weighted by atomic mass is 35.5. The topological polar surface area (TPSA) is 46.2 Å². The Balaban J connectivity index is 2.73. The summed E-state index contributed by atoms with van der Waals surface area (Å²) in [5, 5.41) is 3.69. The van der Waals surface area contributed by atoms with Crippen LogP contribution in [0.1, 0.15) is 25.8 Å². The molecule has 0 spiro atoms. The largest absolute Gasteiger partial charge is 0.313 e. The lowest BCUT2D eigenvalue weighted by atomic mass is 10.2. The van der Waals surface area contributed by atoms with Crippen LogP contribution in [0.25, 0.3) is 0 Å². The smallest absolute Gasteiger partial charge is 0.156 e. The molecule has 18 heavy (non-hydrogen) atoms. The van der Waals surface area contributed by atoms with Crippen LogP contribution in [-0.2, 0) is 15.6 Å². The van der Waals surface area contributed by atoms with Gasteiger partial charge >= 0.3 is 0 Å². The van der Waals surface area contributed by atoms with Crippen LogP contribution in [0.2, 0.25) is 5.02 Å². The third kappa shape index (κ3) is 4.96. The first-order valence-electron chi connectivity index (χ1n) is 6.15. The molecule has 0 fully saturated rings. The fourth-order valence-electron chi connectivity index (χ4n) is 1.83. The number of sulfone groups is 1. The van der Waals surface area contributed by atoms with Gasteiger partial charge in [-0.25, -0.2) is 8.42 Å². The highest BCUT2D eigenvalue weighted by molar-refractivity contribution is 7.90. The van der Waals surface area contributed by atoms with Crippen molar-refractivity contribution in [3.63, 3.8) is 0 Å². The first-order chi connectivity index (χ1) is 8.48. The highest BCUT2D eigenvalue weighted by Crippen LogP contribution is 2.18. The van der Waals surface area contributed by atoms with E-state index < -0.39 is 9.84 Å². The summed E-state index contributed by atoms with van der Waals surface area (Å²) in [4.78, 5) is 0. The molecule has 0 amide bonds. The van der Waals surface area contributed by atoms with Gasteiger partial charge in [0.1, 0.15) is 0 Å². The van der Waals surface area contributed by atoms with Crippen molar-refractivity contribution in [2.75, 3.05) is 12.3 Å². The fourth-order valence-corrected chi connectivity index (χ4v) is 3.92. The number of hydrogen-bond acceptors (Lipinski definition) is 3. The van der Waals surface area contributed by atoms with Crippen molar-refractivity contribution in [1.82, 2.24) is 5.32 Å². The van der Waals surface area contributed by atoms with Gasteiger partial charge in [0.25, 0.3) is 0 Å². The summed E-state index contributed by atoms with van der Waals surface area (Å²) in [6.07, 6.45) is 0.801. The van der Waals surface area contributed by atoms with E-state index in [-0.39, 0.29) is 17.5 Å². The Bertz CT molecular complexity index is 474. The third-order valence-corrected chi connectivity index (χ3v) is 4.80. The lowest BCUT2D eigenvalue weighted by molar-refractivity contribution is 0.533. The van der Waals surface area contributed by atoms with E-state index >= 15 is 0 Å². The molecule has 0 saturated carbocycles. The second-order valence-corrected chi connectivity index (χ2v) is 6.83. The molecular formula is C13H20ClNO2S. The first kappa shape index (κ1) is 15.5. The highest BCUT2D eigenvalue weighted by Gasteiger charge is 2.18. The number of nitrogens with one attached hydrogen (secondary N) is 1. The van der Waals surface area contributed by atoms with Gasteiger partial charge in [0.2, 0.25) is 0 Å². The van der Waals surface area contributed by atoms with Gasteiger partial charge in [0, 0.05) is 11.1 Å². The zero-order valence-corrected chi connectivity index (χ0v) is 12.4. The summed E-state index contributed by atoms with van der Waals surface area (Å²) in [6, 6.07) is 7.09. The van der Waals surface area contributed by atoms with E-state index in [9.17, 15) is 8.42 Å². The average molecular weight is 290 g/mol. The van der Waals surface area contributed by atoms with Crippen molar-refractivity contribution in [2.24, 2.45) is 0 Å². The monoisotopic (exact) mass is 289 g/mol. The lowest BCUT2D eigenvalue weighted by Crippen LogP contribution is -2.35. The number of hydrogen-bond donors (Lipinski definition) is 1. The second-order valence-electron chi connectivity index (χ2n) is 4.31. The number of rotatable bonds is 7. The van der Waals surface area contributed by atoms with E-state index in [2.05, 4.69) is 5.32 Å². The van der Waals surface area contributed by atoms with Crippen LogP contribution in [0.5, 0.6) is 0 Å². The maximum Gasteiger partial charge on any atom is 0.156 e. The Labute approximate surface area is 114 Å². The first-order valence-corrected chi connectivity index (χ1v) is 8.35. The van der Waals surface area contributed by atoms with Crippen molar-refractivity contribution in [1.29, 1.82) is 0 Å². The zero-order chi connectivity index (χ0) is 13.6. The van der Waals surface area contributed by atoms with Crippen LogP contribution >= 0.6 is 11.6 Å². The molecule has 0 radical (unpaired) electrons. The summed E-state index contributed by atoms with van der Waals surface area (Å²) in [6.45, 7) is 4.74. The summed E-state index contributed by atoms with van der Waals surface area (Å²) >= 11 is 5.98. The maximum absolute atomic E-state index is 12.1. The molecule has 1 aromatic rings. The van der Waals surface area contributed by atoms with Crippen molar-refractivity contribution >= 4 is 21.4 Å². The quantitative estimate of drug-likeness (QED) is 0.839. The van der Waals surface area contributed by atoms with Crippen LogP contribution in [0.15, 0.2) is 24.3 Å². The summed E-state index contributed by atoms with van der Waals surface area (Å²) < 4.78 is 24.2. The van der Waals surface area contributed by atoms with Gasteiger partial charge in [0.15, 0.2) is 9.84 Å². The summed E-state index contributed by atoms with van der Waals surface area (Å²) in [7, 11) is -3.14. The minimum absolute atomic E-state index is 0.00850. The van der Waals surface area contributed by atoms with E-state index in [1.807, 2.05) is 13.8 Å². The van der Waals surface area contributed by atoms with Crippen molar-refractivity contribution < 1.29 is 8.42 Å². The Hall–Kier alpha value is -0.580. The minimum atomic E-state index is -3.14. The van der Waals surface area contributed by atoms with Gasteiger partial charge in [-0.3, -0.25) is 0 Å². The third-order valence-electron chi connectivity index (χ3n) is 2.77. The molecular weight excluding hydrogens is 270 g/mol. The molecule has 1 atom stereocenters. The number of halogens is 1. The van der Waals surface area contributed by atoms with Crippen LogP contribution in [-0.4, -0.2) is 26.8 Å². The number of benzene rings is 1. The molecule has 0 aromatic heterocycles. The Morgan fingerprint density at radius 1 is 1.28 bits per heavy atom. The van der Waals surface area contributed by atoms with Gasteiger partial charge in [-0.2, -0.15) is 0 Å². The summed E-state index contributed by atoms with van der Waals surface area (Å²) in [5.74, 6) is 0.164. The van der Waals surface area contributed by atoms with Crippen molar-refractivity contribution in [2.45, 2.75) is 32.1 Å². The molecule has 1 N–H and O–H groups in total. The van der Waals surface area contributed by atoms with Gasteiger partial charge in [0.05, 0.1) is 11.5 Å². The molecule has 0 heterocycles. The molecule has 102 valence electrons.